The van der Waals surface area contributed by atoms with Crippen LogP contribution in [-0.4, -0.2) is 51.0 Å². The summed E-state index contributed by atoms with van der Waals surface area (Å²) in [6.45, 7) is 0.945. The van der Waals surface area contributed by atoms with Crippen LogP contribution in [0.1, 0.15) is 29.6 Å². The van der Waals surface area contributed by atoms with Crippen molar-refractivity contribution >= 4 is 44.8 Å². The number of piperidine rings is 1. The third kappa shape index (κ3) is 5.52. The topological polar surface area (TPSA) is 86.8 Å². The molecule has 30 heavy (non-hydrogen) atoms. The Morgan fingerprint density at radius 3 is 2.43 bits per heavy atom. The van der Waals surface area contributed by atoms with E-state index in [-0.39, 0.29) is 11.6 Å². The van der Waals surface area contributed by atoms with Gasteiger partial charge in [-0.15, -0.1) is 0 Å². The number of sulfonamides is 1. The van der Waals surface area contributed by atoms with Crippen molar-refractivity contribution in [2.24, 2.45) is 0 Å². The number of carbonyl (C=O) groups excluding carboxylic acids is 2. The summed E-state index contributed by atoms with van der Waals surface area (Å²) in [7, 11) is -3.73. The Balaban J connectivity index is 1.79. The first kappa shape index (κ1) is 22.1. The molecule has 7 nitrogen and oxygen atoms in total. The normalized spacial score (nSPS) is 14.3. The number of anilines is 2. The first-order valence-electron chi connectivity index (χ1n) is 9.67. The minimum atomic E-state index is -3.73. The maximum absolute atomic E-state index is 12.9. The number of halogens is 1. The quantitative estimate of drug-likeness (QED) is 0.732. The van der Waals surface area contributed by atoms with Gasteiger partial charge in [0.1, 0.15) is 6.54 Å². The predicted molar refractivity (Wildman–Crippen MR) is 118 cm³/mol. The summed E-state index contributed by atoms with van der Waals surface area (Å²) < 4.78 is 25.5. The fourth-order valence-corrected chi connectivity index (χ4v) is 4.43. The zero-order valence-corrected chi connectivity index (χ0v) is 18.2. The van der Waals surface area contributed by atoms with Gasteiger partial charge in [0, 0.05) is 18.1 Å². The van der Waals surface area contributed by atoms with Crippen LogP contribution in [0.3, 0.4) is 0 Å². The van der Waals surface area contributed by atoms with Gasteiger partial charge in [-0.2, -0.15) is 0 Å². The molecule has 0 unspecified atom stereocenters. The Hall–Kier alpha value is -2.58. The van der Waals surface area contributed by atoms with E-state index in [0.717, 1.165) is 29.8 Å². The van der Waals surface area contributed by atoms with E-state index in [0.29, 0.717) is 29.4 Å². The lowest BCUT2D eigenvalue weighted by Gasteiger charge is -2.27. The van der Waals surface area contributed by atoms with Crippen molar-refractivity contribution in [3.8, 4) is 0 Å². The van der Waals surface area contributed by atoms with E-state index in [1.165, 1.54) is 6.07 Å². The van der Waals surface area contributed by atoms with Crippen LogP contribution >= 0.6 is 11.6 Å². The standard InChI is InChI=1S/C21H24ClN3O4S/c1-30(28,29)25(17-9-7-8-16(22)14-17)15-20(26)23-19-11-4-3-10-18(19)21(27)24-12-5-2-6-13-24/h3-4,7-11,14H,2,5-6,12-13,15H2,1H3,(H,23,26). The van der Waals surface area contributed by atoms with E-state index in [9.17, 15) is 18.0 Å². The van der Waals surface area contributed by atoms with E-state index in [1.807, 2.05) is 0 Å². The number of benzene rings is 2. The first-order valence-corrected chi connectivity index (χ1v) is 11.9. The summed E-state index contributed by atoms with van der Waals surface area (Å²) in [5, 5.41) is 3.05. The monoisotopic (exact) mass is 449 g/mol. The van der Waals surface area contributed by atoms with Gasteiger partial charge in [0.25, 0.3) is 5.91 Å². The van der Waals surface area contributed by atoms with Gasteiger partial charge in [0.05, 0.1) is 23.2 Å². The molecule has 1 N–H and O–H groups in total. The number of hydrogen-bond acceptors (Lipinski definition) is 4. The fraction of sp³-hybridized carbons (Fsp3) is 0.333. The van der Waals surface area contributed by atoms with Crippen LogP contribution in [0, 0.1) is 0 Å². The molecule has 1 fully saturated rings. The molecule has 0 aromatic heterocycles. The van der Waals surface area contributed by atoms with Gasteiger partial charge in [-0.3, -0.25) is 13.9 Å². The second kappa shape index (κ2) is 9.49. The lowest BCUT2D eigenvalue weighted by Crippen LogP contribution is -2.38. The molecule has 1 saturated heterocycles. The molecule has 9 heteroatoms. The number of rotatable bonds is 6. The molecule has 2 amide bonds. The highest BCUT2D eigenvalue weighted by Gasteiger charge is 2.24. The third-order valence-corrected chi connectivity index (χ3v) is 6.23. The lowest BCUT2D eigenvalue weighted by atomic mass is 10.1. The molecule has 1 heterocycles. The molecular formula is C21H24ClN3O4S. The number of hydrogen-bond donors (Lipinski definition) is 1. The van der Waals surface area contributed by atoms with Crippen molar-refractivity contribution in [3.63, 3.8) is 0 Å². The summed E-state index contributed by atoms with van der Waals surface area (Å²) in [4.78, 5) is 27.4. The summed E-state index contributed by atoms with van der Waals surface area (Å²) in [5.74, 6) is -0.695. The van der Waals surface area contributed by atoms with Crippen LogP contribution in [0.5, 0.6) is 0 Å². The molecule has 0 atom stereocenters. The number of nitrogens with one attached hydrogen (secondary N) is 1. The molecule has 0 saturated carbocycles. The Labute approximate surface area is 181 Å². The van der Waals surface area contributed by atoms with E-state index < -0.39 is 22.5 Å². The van der Waals surface area contributed by atoms with Crippen molar-refractivity contribution < 1.29 is 18.0 Å². The minimum Gasteiger partial charge on any atom is -0.339 e. The summed E-state index contributed by atoms with van der Waals surface area (Å²) >= 11 is 5.97. The summed E-state index contributed by atoms with van der Waals surface area (Å²) in [5.41, 5.74) is 1.04. The highest BCUT2D eigenvalue weighted by molar-refractivity contribution is 7.92. The maximum Gasteiger partial charge on any atom is 0.255 e. The van der Waals surface area contributed by atoms with Crippen LogP contribution in [0.15, 0.2) is 48.5 Å². The summed E-state index contributed by atoms with van der Waals surface area (Å²) in [6.07, 6.45) is 4.05. The number of carbonyl (C=O) groups is 2. The van der Waals surface area contributed by atoms with Crippen molar-refractivity contribution in [3.05, 3.63) is 59.1 Å². The van der Waals surface area contributed by atoms with E-state index in [2.05, 4.69) is 5.32 Å². The highest BCUT2D eigenvalue weighted by atomic mass is 35.5. The van der Waals surface area contributed by atoms with Crippen LogP contribution in [0.25, 0.3) is 0 Å². The van der Waals surface area contributed by atoms with E-state index in [1.54, 1.807) is 47.4 Å². The van der Waals surface area contributed by atoms with Crippen molar-refractivity contribution in [2.45, 2.75) is 19.3 Å². The summed E-state index contributed by atoms with van der Waals surface area (Å²) in [6, 6.07) is 13.0. The Kier molecular flexibility index (Phi) is 6.99. The van der Waals surface area contributed by atoms with Gasteiger partial charge in [-0.25, -0.2) is 8.42 Å². The zero-order valence-electron chi connectivity index (χ0n) is 16.7. The van der Waals surface area contributed by atoms with Crippen molar-refractivity contribution in [1.82, 2.24) is 4.90 Å². The van der Waals surface area contributed by atoms with Gasteiger partial charge in [0.15, 0.2) is 0 Å². The minimum absolute atomic E-state index is 0.139. The molecule has 0 radical (unpaired) electrons. The second-order valence-corrected chi connectivity index (χ2v) is 9.54. The van der Waals surface area contributed by atoms with Gasteiger partial charge < -0.3 is 10.2 Å². The zero-order chi connectivity index (χ0) is 21.7. The molecule has 0 spiro atoms. The Morgan fingerprint density at radius 2 is 1.77 bits per heavy atom. The lowest BCUT2D eigenvalue weighted by molar-refractivity contribution is -0.114. The van der Waals surface area contributed by atoms with Gasteiger partial charge in [-0.05, 0) is 49.6 Å². The number of nitrogens with zero attached hydrogens (tertiary/aromatic N) is 2. The molecular weight excluding hydrogens is 426 g/mol. The second-order valence-electron chi connectivity index (χ2n) is 7.20. The average molecular weight is 450 g/mol. The van der Waals surface area contributed by atoms with Crippen molar-refractivity contribution in [1.29, 1.82) is 0 Å². The Bertz CT molecular complexity index is 1040. The SMILES string of the molecule is CS(=O)(=O)N(CC(=O)Nc1ccccc1C(=O)N1CCCCC1)c1cccc(Cl)c1. The van der Waals surface area contributed by atoms with Gasteiger partial charge in [-0.1, -0.05) is 29.8 Å². The van der Waals surface area contributed by atoms with E-state index >= 15 is 0 Å². The van der Waals surface area contributed by atoms with Gasteiger partial charge >= 0.3 is 0 Å². The number of para-hydroxylation sites is 1. The van der Waals surface area contributed by atoms with Crippen LogP contribution in [0.4, 0.5) is 11.4 Å². The number of amides is 2. The Morgan fingerprint density at radius 1 is 1.07 bits per heavy atom. The molecule has 2 aromatic carbocycles. The molecule has 3 rings (SSSR count). The molecule has 1 aliphatic heterocycles. The molecule has 0 aliphatic carbocycles. The average Bonchev–Trinajstić information content (AvgIpc) is 2.72. The smallest absolute Gasteiger partial charge is 0.255 e. The first-order chi connectivity index (χ1) is 14.3. The van der Waals surface area contributed by atoms with Crippen LogP contribution < -0.4 is 9.62 Å². The molecule has 1 aliphatic rings. The fourth-order valence-electron chi connectivity index (χ4n) is 3.40. The van der Waals surface area contributed by atoms with Crippen LogP contribution in [-0.2, 0) is 14.8 Å². The maximum atomic E-state index is 12.9. The third-order valence-electron chi connectivity index (χ3n) is 4.86. The van der Waals surface area contributed by atoms with Crippen molar-refractivity contribution in [2.75, 3.05) is 35.5 Å². The molecule has 0 bridgehead atoms. The number of likely N-dealkylation sites (tertiary alicyclic amines) is 1. The molecule has 160 valence electrons. The molecule has 2 aromatic rings. The van der Waals surface area contributed by atoms with Gasteiger partial charge in [0.2, 0.25) is 15.9 Å². The highest BCUT2D eigenvalue weighted by Crippen LogP contribution is 2.23. The largest absolute Gasteiger partial charge is 0.339 e. The van der Waals surface area contributed by atoms with Crippen LogP contribution in [0.2, 0.25) is 5.02 Å². The predicted octanol–water partition coefficient (Wildman–Crippen LogP) is 3.37. The van der Waals surface area contributed by atoms with E-state index in [4.69, 9.17) is 11.6 Å².